The second-order valence-corrected chi connectivity index (χ2v) is 10.0. The fourth-order valence-corrected chi connectivity index (χ4v) is 4.80. The maximum absolute atomic E-state index is 12.8. The lowest BCUT2D eigenvalue weighted by molar-refractivity contribution is 0.101. The van der Waals surface area contributed by atoms with Gasteiger partial charge in [-0.3, -0.25) is 9.59 Å². The number of fused-ring (bicyclic) bond motifs is 1. The fraction of sp³-hybridized carbons (Fsp3) is 0.0909. The van der Waals surface area contributed by atoms with Crippen molar-refractivity contribution in [2.75, 3.05) is 7.11 Å². The zero-order chi connectivity index (χ0) is 29.1. The van der Waals surface area contributed by atoms with E-state index in [-0.39, 0.29) is 18.2 Å². The minimum atomic E-state index is -0.210. The van der Waals surface area contributed by atoms with Crippen molar-refractivity contribution in [3.8, 4) is 17.2 Å². The molecule has 4 aromatic carbocycles. The summed E-state index contributed by atoms with van der Waals surface area (Å²) in [6.45, 7) is 0.142. The van der Waals surface area contributed by atoms with Crippen LogP contribution < -0.4 is 9.47 Å². The van der Waals surface area contributed by atoms with E-state index in [9.17, 15) is 9.59 Å². The van der Waals surface area contributed by atoms with Crippen LogP contribution in [0, 0.1) is 0 Å². The maximum atomic E-state index is 12.8. The van der Waals surface area contributed by atoms with E-state index in [2.05, 4.69) is 10.3 Å². The molecule has 0 unspecified atom stereocenters. The Bertz CT molecular complexity index is 1910. The van der Waals surface area contributed by atoms with E-state index < -0.39 is 0 Å². The van der Waals surface area contributed by atoms with E-state index in [1.807, 2.05) is 54.6 Å². The average Bonchev–Trinajstić information content (AvgIpc) is 3.67. The smallest absolute Gasteiger partial charge is 0.228 e. The molecule has 0 saturated heterocycles. The molecule has 0 bridgehead atoms. The highest BCUT2D eigenvalue weighted by molar-refractivity contribution is 6.30. The number of aromatic nitrogens is 3. The molecule has 9 heteroatoms. The second kappa shape index (κ2) is 11.7. The highest BCUT2D eigenvalue weighted by atomic mass is 35.5. The van der Waals surface area contributed by atoms with Crippen molar-refractivity contribution >= 4 is 34.6 Å². The van der Waals surface area contributed by atoms with Crippen molar-refractivity contribution in [2.45, 2.75) is 13.0 Å². The molecule has 0 atom stereocenters. The Hall–Kier alpha value is -5.21. The van der Waals surface area contributed by atoms with Gasteiger partial charge >= 0.3 is 0 Å². The van der Waals surface area contributed by atoms with Crippen LogP contribution in [0.15, 0.2) is 102 Å². The number of carbonyl (C=O) groups is 2. The van der Waals surface area contributed by atoms with Crippen LogP contribution in [-0.4, -0.2) is 34.2 Å². The number of hydrogen-bond acceptors (Lipinski definition) is 7. The Labute approximate surface area is 246 Å². The largest absolute Gasteiger partial charge is 0.494 e. The normalized spacial score (nSPS) is 11.0. The number of ether oxygens (including phenoxy) is 2. The molecule has 0 radical (unpaired) electrons. The van der Waals surface area contributed by atoms with Gasteiger partial charge in [-0.15, -0.1) is 5.10 Å². The molecule has 42 heavy (non-hydrogen) atoms. The molecule has 208 valence electrons. The number of carbonyl (C=O) groups excluding carboxylic acids is 2. The topological polar surface area (TPSA) is 96.5 Å². The zero-order valence-electron chi connectivity index (χ0n) is 22.5. The molecular weight excluding hydrogens is 554 g/mol. The van der Waals surface area contributed by atoms with Crippen LogP contribution in [0.2, 0.25) is 5.02 Å². The Morgan fingerprint density at radius 1 is 0.952 bits per heavy atom. The number of aldehydes is 1. The lowest BCUT2D eigenvalue weighted by atomic mass is 10.0. The van der Waals surface area contributed by atoms with Gasteiger partial charge in [0.15, 0.2) is 12.0 Å². The number of rotatable bonds is 10. The highest BCUT2D eigenvalue weighted by Gasteiger charge is 2.16. The van der Waals surface area contributed by atoms with Crippen LogP contribution in [0.25, 0.3) is 16.7 Å². The maximum Gasteiger partial charge on any atom is 0.228 e. The Morgan fingerprint density at radius 3 is 2.55 bits per heavy atom. The van der Waals surface area contributed by atoms with E-state index in [0.29, 0.717) is 45.3 Å². The van der Waals surface area contributed by atoms with Gasteiger partial charge in [-0.2, -0.15) is 0 Å². The molecule has 0 spiro atoms. The highest BCUT2D eigenvalue weighted by Crippen LogP contribution is 2.27. The fourth-order valence-electron chi connectivity index (χ4n) is 4.68. The van der Waals surface area contributed by atoms with Gasteiger partial charge in [0.1, 0.15) is 35.1 Å². The van der Waals surface area contributed by atoms with Crippen LogP contribution in [0.5, 0.6) is 11.5 Å². The van der Waals surface area contributed by atoms with Crippen molar-refractivity contribution in [2.24, 2.45) is 0 Å². The summed E-state index contributed by atoms with van der Waals surface area (Å²) < 4.78 is 18.7. The molecule has 0 N–H and O–H groups in total. The molecule has 6 aromatic rings. The van der Waals surface area contributed by atoms with Crippen LogP contribution >= 0.6 is 11.6 Å². The van der Waals surface area contributed by atoms with E-state index in [1.54, 1.807) is 54.4 Å². The molecule has 0 amide bonds. The van der Waals surface area contributed by atoms with Gasteiger partial charge in [0.2, 0.25) is 5.78 Å². The lowest BCUT2D eigenvalue weighted by Crippen LogP contribution is -2.00. The first kappa shape index (κ1) is 27.0. The minimum absolute atomic E-state index is 0.142. The van der Waals surface area contributed by atoms with Crippen molar-refractivity contribution in [1.82, 2.24) is 15.0 Å². The quantitative estimate of drug-likeness (QED) is 0.129. The van der Waals surface area contributed by atoms with Crippen LogP contribution in [-0.2, 0) is 13.0 Å². The number of ketones is 1. The third kappa shape index (κ3) is 5.66. The molecule has 0 aliphatic carbocycles. The molecule has 0 aliphatic heterocycles. The lowest BCUT2D eigenvalue weighted by Gasteiger charge is -2.09. The van der Waals surface area contributed by atoms with Gasteiger partial charge in [-0.1, -0.05) is 41.1 Å². The standard InChI is InChI=1S/C33H24ClN3O5/c1-40-31-5-3-2-4-28(31)37-18-27(35-36-37)20-41-29-12-6-22(16-25(29)19-38)14-21-7-13-30-24(15-21)17-32(42-30)33(39)23-8-10-26(34)11-9-23/h2-13,15-19H,14,20H2,1H3. The number of para-hydroxylation sites is 2. The first-order valence-electron chi connectivity index (χ1n) is 13.1. The summed E-state index contributed by atoms with van der Waals surface area (Å²) in [4.78, 5) is 24.7. The van der Waals surface area contributed by atoms with Gasteiger partial charge in [0.05, 0.1) is 18.9 Å². The monoisotopic (exact) mass is 577 g/mol. The molecule has 0 fully saturated rings. The van der Waals surface area contributed by atoms with Crippen molar-refractivity contribution in [3.05, 3.63) is 136 Å². The first-order valence-corrected chi connectivity index (χ1v) is 13.5. The number of hydrogen-bond donors (Lipinski definition) is 0. The van der Waals surface area contributed by atoms with Crippen LogP contribution in [0.3, 0.4) is 0 Å². The van der Waals surface area contributed by atoms with Crippen LogP contribution in [0.1, 0.15) is 43.3 Å². The Kier molecular flexibility index (Phi) is 7.53. The molecule has 2 heterocycles. The van der Waals surface area contributed by atoms with E-state index in [4.69, 9.17) is 25.5 Å². The minimum Gasteiger partial charge on any atom is -0.494 e. The van der Waals surface area contributed by atoms with E-state index in [1.165, 1.54) is 0 Å². The predicted molar refractivity (Wildman–Crippen MR) is 158 cm³/mol. The van der Waals surface area contributed by atoms with Gasteiger partial charge in [-0.05, 0) is 84.3 Å². The van der Waals surface area contributed by atoms with Gasteiger partial charge in [0, 0.05) is 16.0 Å². The molecule has 0 saturated carbocycles. The molecule has 6 rings (SSSR count). The molecule has 2 aromatic heterocycles. The summed E-state index contributed by atoms with van der Waals surface area (Å²) >= 11 is 5.94. The third-order valence-corrected chi connectivity index (χ3v) is 7.02. The van der Waals surface area contributed by atoms with Gasteiger partial charge < -0.3 is 13.9 Å². The summed E-state index contributed by atoms with van der Waals surface area (Å²) in [7, 11) is 1.60. The Morgan fingerprint density at radius 2 is 1.74 bits per heavy atom. The van der Waals surface area contributed by atoms with E-state index in [0.717, 1.165) is 28.5 Å². The summed E-state index contributed by atoms with van der Waals surface area (Å²) in [5.74, 6) is 1.18. The molecule has 0 aliphatic rings. The van der Waals surface area contributed by atoms with Crippen molar-refractivity contribution in [1.29, 1.82) is 0 Å². The van der Waals surface area contributed by atoms with Gasteiger partial charge in [0.25, 0.3) is 0 Å². The van der Waals surface area contributed by atoms with E-state index >= 15 is 0 Å². The third-order valence-electron chi connectivity index (χ3n) is 6.77. The number of benzene rings is 4. The first-order chi connectivity index (χ1) is 20.5. The number of nitrogens with zero attached hydrogens (tertiary/aromatic N) is 3. The molecule has 8 nitrogen and oxygen atoms in total. The second-order valence-electron chi connectivity index (χ2n) is 9.60. The average molecular weight is 578 g/mol. The Balaban J connectivity index is 1.14. The number of halogens is 1. The number of methoxy groups -OCH3 is 1. The number of furan rings is 1. The van der Waals surface area contributed by atoms with Crippen molar-refractivity contribution < 1.29 is 23.5 Å². The van der Waals surface area contributed by atoms with Crippen LogP contribution in [0.4, 0.5) is 0 Å². The van der Waals surface area contributed by atoms with Gasteiger partial charge in [-0.25, -0.2) is 4.68 Å². The summed E-state index contributed by atoms with van der Waals surface area (Å²) in [6, 6.07) is 27.2. The summed E-state index contributed by atoms with van der Waals surface area (Å²) in [6.07, 6.45) is 3.11. The summed E-state index contributed by atoms with van der Waals surface area (Å²) in [5, 5.41) is 9.73. The zero-order valence-corrected chi connectivity index (χ0v) is 23.2. The predicted octanol–water partition coefficient (Wildman–Crippen LogP) is 6.89. The van der Waals surface area contributed by atoms with Crippen molar-refractivity contribution in [3.63, 3.8) is 0 Å². The molecular formula is C33H24ClN3O5. The SMILES string of the molecule is COc1ccccc1-n1cc(COc2ccc(Cc3ccc4oc(C(=O)c5ccc(Cl)cc5)cc4c3)cc2C=O)nn1. The summed E-state index contributed by atoms with van der Waals surface area (Å²) in [5.41, 5.74) is 4.86.